The van der Waals surface area contributed by atoms with Crippen LogP contribution in [0.1, 0.15) is 46.5 Å². The predicted octanol–water partition coefficient (Wildman–Crippen LogP) is 3.97. The molecule has 1 nitrogen and oxygen atoms in total. The number of hydrogen-bond donors (Lipinski definition) is 0. The van der Waals surface area contributed by atoms with Gasteiger partial charge in [-0.25, -0.2) is 0 Å². The Balaban J connectivity index is 2.18. The van der Waals surface area contributed by atoms with Gasteiger partial charge >= 0.3 is 0 Å². The van der Waals surface area contributed by atoms with E-state index in [1.807, 2.05) is 6.92 Å². The zero-order valence-corrected chi connectivity index (χ0v) is 11.0. The molecule has 3 rings (SSSR count). The Hall–Kier alpha value is -1.11. The third kappa shape index (κ3) is 1.48. The van der Waals surface area contributed by atoms with Gasteiger partial charge in [0.1, 0.15) is 0 Å². The van der Waals surface area contributed by atoms with Crippen LogP contribution in [0.25, 0.3) is 0 Å². The smallest absolute Gasteiger partial charge is 0.159 e. The van der Waals surface area contributed by atoms with Gasteiger partial charge in [-0.3, -0.25) is 4.79 Å². The van der Waals surface area contributed by atoms with Gasteiger partial charge in [-0.05, 0) is 67.2 Å². The van der Waals surface area contributed by atoms with Crippen molar-refractivity contribution in [1.29, 1.82) is 0 Å². The van der Waals surface area contributed by atoms with Crippen LogP contribution < -0.4 is 0 Å². The number of rotatable bonds is 0. The lowest BCUT2D eigenvalue weighted by Crippen LogP contribution is -2.11. The molecule has 0 amide bonds. The number of carbonyl (C=O) groups is 1. The fourth-order valence-corrected chi connectivity index (χ4v) is 3.73. The molecule has 0 unspecified atom stereocenters. The highest BCUT2D eigenvalue weighted by molar-refractivity contribution is 6.00. The molecule has 1 heteroatoms. The van der Waals surface area contributed by atoms with Crippen LogP contribution >= 0.6 is 0 Å². The summed E-state index contributed by atoms with van der Waals surface area (Å²) in [4.78, 5) is 12.0. The van der Waals surface area contributed by atoms with Crippen molar-refractivity contribution in [3.05, 3.63) is 33.9 Å². The molecule has 0 N–H and O–H groups in total. The second kappa shape index (κ2) is 3.69. The minimum atomic E-state index is 0.380. The first-order valence-corrected chi connectivity index (χ1v) is 6.73. The number of hydrogen-bond acceptors (Lipinski definition) is 1. The molecular formula is C16H20O. The van der Waals surface area contributed by atoms with E-state index in [1.165, 1.54) is 29.6 Å². The van der Waals surface area contributed by atoms with Crippen molar-refractivity contribution < 1.29 is 4.79 Å². The predicted molar refractivity (Wildman–Crippen MR) is 69.6 cm³/mol. The molecule has 0 aromatic heterocycles. The van der Waals surface area contributed by atoms with Crippen molar-refractivity contribution in [3.63, 3.8) is 0 Å². The molecule has 17 heavy (non-hydrogen) atoms. The lowest BCUT2D eigenvalue weighted by molar-refractivity contribution is -0.115. The molecule has 90 valence electrons. The molecule has 3 aliphatic rings. The van der Waals surface area contributed by atoms with Crippen LogP contribution in [-0.2, 0) is 4.79 Å². The van der Waals surface area contributed by atoms with Crippen molar-refractivity contribution >= 4 is 5.78 Å². The second-order valence-electron chi connectivity index (χ2n) is 5.86. The van der Waals surface area contributed by atoms with Crippen LogP contribution in [0.4, 0.5) is 0 Å². The summed E-state index contributed by atoms with van der Waals surface area (Å²) >= 11 is 0. The van der Waals surface area contributed by atoms with E-state index in [0.717, 1.165) is 18.4 Å². The molecule has 0 aromatic carbocycles. The van der Waals surface area contributed by atoms with Crippen LogP contribution in [-0.4, -0.2) is 5.78 Å². The van der Waals surface area contributed by atoms with Crippen LogP contribution in [0.2, 0.25) is 0 Å². The Kier molecular flexibility index (Phi) is 2.39. The number of fused-ring (bicyclic) bond motifs is 2. The van der Waals surface area contributed by atoms with Gasteiger partial charge in [0.25, 0.3) is 0 Å². The normalized spacial score (nSPS) is 32.6. The molecule has 0 saturated heterocycles. The highest BCUT2D eigenvalue weighted by Gasteiger charge is 2.38. The first-order valence-electron chi connectivity index (χ1n) is 6.73. The van der Waals surface area contributed by atoms with Crippen LogP contribution in [0.15, 0.2) is 33.9 Å². The summed E-state index contributed by atoms with van der Waals surface area (Å²) in [5.74, 6) is 1.53. The monoisotopic (exact) mass is 228 g/mol. The number of carbonyl (C=O) groups excluding carboxylic acids is 1. The fourth-order valence-electron chi connectivity index (χ4n) is 3.73. The number of allylic oxidation sites excluding steroid dienone is 6. The Morgan fingerprint density at radius 1 is 1.29 bits per heavy atom. The van der Waals surface area contributed by atoms with E-state index < -0.39 is 0 Å². The maximum atomic E-state index is 12.0. The summed E-state index contributed by atoms with van der Waals surface area (Å²) in [5, 5.41) is 0. The van der Waals surface area contributed by atoms with Crippen molar-refractivity contribution in [2.45, 2.75) is 46.5 Å². The van der Waals surface area contributed by atoms with Gasteiger partial charge in [-0.1, -0.05) is 18.6 Å². The van der Waals surface area contributed by atoms with Crippen LogP contribution in [0, 0.1) is 11.8 Å². The number of ketones is 1. The van der Waals surface area contributed by atoms with Gasteiger partial charge in [0, 0.05) is 6.42 Å². The average molecular weight is 228 g/mol. The van der Waals surface area contributed by atoms with Crippen LogP contribution in [0.5, 0.6) is 0 Å². The Labute approximate surface area is 103 Å². The molecule has 0 aromatic rings. The topological polar surface area (TPSA) is 17.1 Å². The van der Waals surface area contributed by atoms with E-state index in [4.69, 9.17) is 0 Å². The van der Waals surface area contributed by atoms with Gasteiger partial charge < -0.3 is 0 Å². The second-order valence-corrected chi connectivity index (χ2v) is 5.86. The summed E-state index contributed by atoms with van der Waals surface area (Å²) in [5.41, 5.74) is 6.90. The average Bonchev–Trinajstić information content (AvgIpc) is 2.74. The van der Waals surface area contributed by atoms with E-state index in [2.05, 4.69) is 19.9 Å². The third-order valence-electron chi connectivity index (χ3n) is 4.86. The summed E-state index contributed by atoms with van der Waals surface area (Å²) in [7, 11) is 0. The Morgan fingerprint density at radius 3 is 2.82 bits per heavy atom. The summed E-state index contributed by atoms with van der Waals surface area (Å²) in [6, 6.07) is 0. The molecule has 0 spiro atoms. The molecule has 2 atom stereocenters. The lowest BCUT2D eigenvalue weighted by atomic mass is 9.83. The van der Waals surface area contributed by atoms with E-state index in [9.17, 15) is 4.79 Å². The fraction of sp³-hybridized carbons (Fsp3) is 0.562. The summed E-state index contributed by atoms with van der Waals surface area (Å²) in [6.07, 6.45) is 6.68. The lowest BCUT2D eigenvalue weighted by Gasteiger charge is -2.20. The first-order chi connectivity index (χ1) is 8.09. The van der Waals surface area contributed by atoms with Crippen molar-refractivity contribution in [2.24, 2.45) is 11.8 Å². The van der Waals surface area contributed by atoms with E-state index in [-0.39, 0.29) is 0 Å². The van der Waals surface area contributed by atoms with Crippen molar-refractivity contribution in [1.82, 2.24) is 0 Å². The largest absolute Gasteiger partial charge is 0.295 e. The quantitative estimate of drug-likeness (QED) is 0.613. The van der Waals surface area contributed by atoms with E-state index in [1.54, 1.807) is 5.57 Å². The summed E-state index contributed by atoms with van der Waals surface area (Å²) < 4.78 is 0. The first kappa shape index (κ1) is 11.0. The van der Waals surface area contributed by atoms with Crippen LogP contribution in [0.3, 0.4) is 0 Å². The number of Topliss-reactive ketones (excluding diaryl/α,β-unsaturated/α-hetero) is 1. The zero-order valence-electron chi connectivity index (χ0n) is 11.0. The molecule has 0 bridgehead atoms. The molecule has 0 aliphatic heterocycles. The van der Waals surface area contributed by atoms with Crippen molar-refractivity contribution in [2.75, 3.05) is 0 Å². The molecule has 0 saturated carbocycles. The molecular weight excluding hydrogens is 208 g/mol. The van der Waals surface area contributed by atoms with Gasteiger partial charge in [0.2, 0.25) is 0 Å². The van der Waals surface area contributed by atoms with Gasteiger partial charge in [0.05, 0.1) is 0 Å². The highest BCUT2D eigenvalue weighted by atomic mass is 16.1. The van der Waals surface area contributed by atoms with E-state index >= 15 is 0 Å². The molecule has 3 aliphatic carbocycles. The maximum Gasteiger partial charge on any atom is 0.159 e. The summed E-state index contributed by atoms with van der Waals surface area (Å²) in [6.45, 7) is 6.56. The minimum Gasteiger partial charge on any atom is -0.295 e. The molecule has 0 fully saturated rings. The Morgan fingerprint density at radius 2 is 2.06 bits per heavy atom. The highest BCUT2D eigenvalue weighted by Crippen LogP contribution is 2.49. The molecule has 0 radical (unpaired) electrons. The standard InChI is InChI=1S/C16H20O/c1-9-4-6-12-7-5-10(2)15(12)16-11(3)14(17)8-13(9)16/h5,9,13H,4,6-8H2,1-3H3/t9-,13-/m1/s1. The maximum absolute atomic E-state index is 12.0. The van der Waals surface area contributed by atoms with Gasteiger partial charge in [0.15, 0.2) is 5.78 Å². The van der Waals surface area contributed by atoms with E-state index in [0.29, 0.717) is 17.6 Å². The zero-order chi connectivity index (χ0) is 12.2. The van der Waals surface area contributed by atoms with Crippen molar-refractivity contribution in [3.8, 4) is 0 Å². The SMILES string of the molecule is CC1=CCC2=C1C1=C(C)C(=O)C[C@@H]1[C@H](C)CC2. The third-order valence-corrected chi connectivity index (χ3v) is 4.86. The van der Waals surface area contributed by atoms with Gasteiger partial charge in [-0.15, -0.1) is 0 Å². The Bertz CT molecular complexity index is 488. The molecule has 0 heterocycles. The minimum absolute atomic E-state index is 0.380. The van der Waals surface area contributed by atoms with Gasteiger partial charge in [-0.2, -0.15) is 0 Å².